The minimum Gasteiger partial charge on any atom is -0.331 e. The number of nitrogens with one attached hydrogen (secondary N) is 1. The van der Waals surface area contributed by atoms with Crippen molar-refractivity contribution in [2.45, 2.75) is 31.3 Å². The first-order valence-corrected chi connectivity index (χ1v) is 7.16. The maximum atomic E-state index is 12.8. The monoisotopic (exact) mass is 271 g/mol. The van der Waals surface area contributed by atoms with Gasteiger partial charge >= 0.3 is 0 Å². The van der Waals surface area contributed by atoms with Crippen LogP contribution in [0.1, 0.15) is 29.6 Å². The van der Waals surface area contributed by atoms with Crippen molar-refractivity contribution < 1.29 is 4.79 Å². The molecule has 6 heteroatoms. The Balaban J connectivity index is 1.68. The van der Waals surface area contributed by atoms with E-state index in [2.05, 4.69) is 20.4 Å². The summed E-state index contributed by atoms with van der Waals surface area (Å²) in [6, 6.07) is 4.41. The molecule has 0 radical (unpaired) electrons. The fourth-order valence-electron chi connectivity index (χ4n) is 3.41. The topological polar surface area (TPSA) is 62.5 Å². The number of amides is 1. The molecule has 2 aromatic rings. The zero-order valence-corrected chi connectivity index (χ0v) is 11.2. The molecule has 4 heterocycles. The summed E-state index contributed by atoms with van der Waals surface area (Å²) < 4.78 is 1.81. The van der Waals surface area contributed by atoms with Crippen LogP contribution in [-0.4, -0.2) is 50.6 Å². The first kappa shape index (κ1) is 11.8. The van der Waals surface area contributed by atoms with Gasteiger partial charge < -0.3 is 10.2 Å². The molecule has 0 spiro atoms. The normalized spacial score (nSPS) is 25.9. The number of hydrogen-bond donors (Lipinski definition) is 1. The molecule has 2 atom stereocenters. The molecule has 2 saturated heterocycles. The highest BCUT2D eigenvalue weighted by Crippen LogP contribution is 2.29. The number of pyridine rings is 1. The van der Waals surface area contributed by atoms with Gasteiger partial charge in [-0.3, -0.25) is 9.20 Å². The van der Waals surface area contributed by atoms with Crippen LogP contribution in [0, 0.1) is 0 Å². The van der Waals surface area contributed by atoms with E-state index in [0.717, 1.165) is 38.0 Å². The van der Waals surface area contributed by atoms with Crippen molar-refractivity contribution in [3.63, 3.8) is 0 Å². The fourth-order valence-corrected chi connectivity index (χ4v) is 3.41. The van der Waals surface area contributed by atoms with Crippen LogP contribution in [0.3, 0.4) is 0 Å². The SMILES string of the molecule is O=C(c1ccn2cnnc2c1)N1[C@H]2CCNC[C@@H]1CC2. The minimum atomic E-state index is 0.131. The van der Waals surface area contributed by atoms with Crippen LogP contribution in [0.4, 0.5) is 0 Å². The fraction of sp³-hybridized carbons (Fsp3) is 0.500. The summed E-state index contributed by atoms with van der Waals surface area (Å²) in [4.78, 5) is 14.9. The van der Waals surface area contributed by atoms with E-state index in [4.69, 9.17) is 0 Å². The Morgan fingerprint density at radius 1 is 1.30 bits per heavy atom. The average molecular weight is 271 g/mol. The van der Waals surface area contributed by atoms with Gasteiger partial charge in [-0.15, -0.1) is 10.2 Å². The number of carbonyl (C=O) groups excluding carboxylic acids is 1. The first-order valence-electron chi connectivity index (χ1n) is 7.16. The summed E-state index contributed by atoms with van der Waals surface area (Å²) in [6.07, 6.45) is 6.78. The van der Waals surface area contributed by atoms with E-state index in [1.807, 2.05) is 22.7 Å². The lowest BCUT2D eigenvalue weighted by Gasteiger charge is -2.28. The Labute approximate surface area is 116 Å². The summed E-state index contributed by atoms with van der Waals surface area (Å²) in [5.41, 5.74) is 1.43. The molecule has 2 aliphatic rings. The quantitative estimate of drug-likeness (QED) is 0.829. The summed E-state index contributed by atoms with van der Waals surface area (Å²) in [7, 11) is 0. The number of hydrogen-bond acceptors (Lipinski definition) is 4. The van der Waals surface area contributed by atoms with E-state index in [0.29, 0.717) is 17.6 Å². The van der Waals surface area contributed by atoms with Gasteiger partial charge in [0.2, 0.25) is 0 Å². The largest absolute Gasteiger partial charge is 0.331 e. The number of carbonyl (C=O) groups is 1. The van der Waals surface area contributed by atoms with Gasteiger partial charge in [-0.25, -0.2) is 0 Å². The lowest BCUT2D eigenvalue weighted by molar-refractivity contribution is 0.0680. The van der Waals surface area contributed by atoms with Gasteiger partial charge in [-0.05, 0) is 37.9 Å². The van der Waals surface area contributed by atoms with Crippen molar-refractivity contribution in [1.29, 1.82) is 0 Å². The highest BCUT2D eigenvalue weighted by atomic mass is 16.2. The molecule has 2 bridgehead atoms. The molecule has 6 nitrogen and oxygen atoms in total. The Morgan fingerprint density at radius 2 is 2.20 bits per heavy atom. The zero-order valence-electron chi connectivity index (χ0n) is 11.2. The van der Waals surface area contributed by atoms with Crippen LogP contribution in [0.15, 0.2) is 24.7 Å². The second kappa shape index (κ2) is 4.56. The Kier molecular flexibility index (Phi) is 2.70. The highest BCUT2D eigenvalue weighted by molar-refractivity contribution is 5.95. The highest BCUT2D eigenvalue weighted by Gasteiger charge is 2.38. The smallest absolute Gasteiger partial charge is 0.254 e. The van der Waals surface area contributed by atoms with Gasteiger partial charge in [0, 0.05) is 30.4 Å². The molecular formula is C14H17N5O. The molecule has 20 heavy (non-hydrogen) atoms. The average Bonchev–Trinajstić information content (AvgIpc) is 3.00. The maximum Gasteiger partial charge on any atom is 0.254 e. The molecule has 1 amide bonds. The van der Waals surface area contributed by atoms with Crippen molar-refractivity contribution in [3.8, 4) is 0 Å². The molecule has 2 aromatic heterocycles. The van der Waals surface area contributed by atoms with Crippen LogP contribution in [0.2, 0.25) is 0 Å². The van der Waals surface area contributed by atoms with Crippen molar-refractivity contribution >= 4 is 11.6 Å². The second-order valence-electron chi connectivity index (χ2n) is 5.60. The number of nitrogens with zero attached hydrogens (tertiary/aromatic N) is 4. The van der Waals surface area contributed by atoms with E-state index in [1.54, 1.807) is 6.33 Å². The summed E-state index contributed by atoms with van der Waals surface area (Å²) in [6.45, 7) is 1.92. The zero-order chi connectivity index (χ0) is 13.5. The minimum absolute atomic E-state index is 0.131. The van der Waals surface area contributed by atoms with E-state index in [1.165, 1.54) is 0 Å². The Hall–Kier alpha value is -1.95. The standard InChI is InChI=1S/C14H17N5O/c20-14(10-4-6-18-9-16-17-13(18)7-10)19-11-1-2-12(19)8-15-5-3-11/h4,6-7,9,11-12,15H,1-3,5,8H2/t11-,12+/m1/s1. The summed E-state index contributed by atoms with van der Waals surface area (Å²) in [5.74, 6) is 0.131. The number of rotatable bonds is 1. The van der Waals surface area contributed by atoms with E-state index in [-0.39, 0.29) is 5.91 Å². The van der Waals surface area contributed by atoms with Gasteiger partial charge in [0.15, 0.2) is 5.65 Å². The molecule has 2 aliphatic heterocycles. The van der Waals surface area contributed by atoms with Crippen LogP contribution >= 0.6 is 0 Å². The van der Waals surface area contributed by atoms with Crippen LogP contribution < -0.4 is 5.32 Å². The third-order valence-electron chi connectivity index (χ3n) is 4.44. The molecule has 1 N–H and O–H groups in total. The lowest BCUT2D eigenvalue weighted by atomic mass is 10.1. The second-order valence-corrected chi connectivity index (χ2v) is 5.60. The molecule has 0 aromatic carbocycles. The Morgan fingerprint density at radius 3 is 3.15 bits per heavy atom. The molecule has 0 aliphatic carbocycles. The third-order valence-corrected chi connectivity index (χ3v) is 4.44. The number of aromatic nitrogens is 3. The molecular weight excluding hydrogens is 254 g/mol. The van der Waals surface area contributed by atoms with Gasteiger partial charge in [0.05, 0.1) is 0 Å². The van der Waals surface area contributed by atoms with E-state index < -0.39 is 0 Å². The van der Waals surface area contributed by atoms with Crippen molar-refractivity contribution in [2.24, 2.45) is 0 Å². The molecule has 2 fully saturated rings. The predicted molar refractivity (Wildman–Crippen MR) is 73.5 cm³/mol. The maximum absolute atomic E-state index is 12.8. The Bertz CT molecular complexity index is 638. The first-order chi connectivity index (χ1) is 9.83. The molecule has 4 rings (SSSR count). The van der Waals surface area contributed by atoms with Crippen molar-refractivity contribution in [2.75, 3.05) is 13.1 Å². The van der Waals surface area contributed by atoms with E-state index in [9.17, 15) is 4.79 Å². The molecule has 104 valence electrons. The number of fused-ring (bicyclic) bond motifs is 3. The molecule has 0 saturated carbocycles. The third kappa shape index (κ3) is 1.79. The van der Waals surface area contributed by atoms with Crippen molar-refractivity contribution in [1.82, 2.24) is 24.8 Å². The van der Waals surface area contributed by atoms with Crippen LogP contribution in [0.25, 0.3) is 5.65 Å². The van der Waals surface area contributed by atoms with Crippen LogP contribution in [0.5, 0.6) is 0 Å². The van der Waals surface area contributed by atoms with Gasteiger partial charge in [-0.2, -0.15) is 0 Å². The van der Waals surface area contributed by atoms with E-state index >= 15 is 0 Å². The van der Waals surface area contributed by atoms with Crippen LogP contribution in [-0.2, 0) is 0 Å². The van der Waals surface area contributed by atoms with Crippen molar-refractivity contribution in [3.05, 3.63) is 30.2 Å². The summed E-state index contributed by atoms with van der Waals surface area (Å²) >= 11 is 0. The summed E-state index contributed by atoms with van der Waals surface area (Å²) in [5, 5.41) is 11.3. The lowest BCUT2D eigenvalue weighted by Crippen LogP contribution is -2.42. The predicted octanol–water partition coefficient (Wildman–Crippen LogP) is 0.696. The van der Waals surface area contributed by atoms with Gasteiger partial charge in [0.25, 0.3) is 5.91 Å². The molecule has 0 unspecified atom stereocenters. The van der Waals surface area contributed by atoms with Gasteiger partial charge in [0.1, 0.15) is 6.33 Å². The van der Waals surface area contributed by atoms with Gasteiger partial charge in [-0.1, -0.05) is 0 Å².